The summed E-state index contributed by atoms with van der Waals surface area (Å²) < 4.78 is 5.10. The number of nitrogens with zero attached hydrogens (tertiary/aromatic N) is 2. The molecule has 2 atom stereocenters. The lowest BCUT2D eigenvalue weighted by Gasteiger charge is -2.33. The minimum atomic E-state index is -0.671. The Balaban J connectivity index is 0.000000182. The molecular weight excluding hydrogens is 404 g/mol. The third-order valence-electron chi connectivity index (χ3n) is 6.05. The molecule has 0 bridgehead atoms. The van der Waals surface area contributed by atoms with Gasteiger partial charge in [0.25, 0.3) is 0 Å². The molecule has 2 heterocycles. The predicted octanol–water partition coefficient (Wildman–Crippen LogP) is 4.45. The zero-order valence-corrected chi connectivity index (χ0v) is 18.9. The van der Waals surface area contributed by atoms with Gasteiger partial charge in [0.15, 0.2) is 0 Å². The van der Waals surface area contributed by atoms with Crippen molar-refractivity contribution in [1.29, 1.82) is 0 Å². The van der Waals surface area contributed by atoms with Crippen molar-refractivity contribution in [2.75, 3.05) is 42.6 Å². The van der Waals surface area contributed by atoms with Gasteiger partial charge in [0.1, 0.15) is 0 Å². The van der Waals surface area contributed by atoms with Gasteiger partial charge >= 0.3 is 11.9 Å². The molecule has 172 valence electrons. The highest BCUT2D eigenvalue weighted by Crippen LogP contribution is 2.24. The number of rotatable bonds is 5. The predicted molar refractivity (Wildman–Crippen MR) is 127 cm³/mol. The van der Waals surface area contributed by atoms with Crippen molar-refractivity contribution < 1.29 is 19.4 Å². The summed E-state index contributed by atoms with van der Waals surface area (Å²) in [5.74, 6) is -0.897. The Morgan fingerprint density at radius 1 is 0.844 bits per heavy atom. The van der Waals surface area contributed by atoms with Crippen molar-refractivity contribution in [3.05, 3.63) is 60.7 Å². The van der Waals surface area contributed by atoms with E-state index in [9.17, 15) is 9.59 Å². The SMILES string of the molecule is CCOC(=O)C1CCCN(c2ccccc2)C1.O=C(O)C1CCCN(c2ccccc2)C1. The number of carboxylic acids is 1. The maximum Gasteiger partial charge on any atom is 0.310 e. The Bertz CT molecular complexity index is 843. The smallest absolute Gasteiger partial charge is 0.310 e. The molecule has 0 aliphatic carbocycles. The second kappa shape index (κ2) is 12.1. The Morgan fingerprint density at radius 3 is 1.78 bits per heavy atom. The second-order valence-corrected chi connectivity index (χ2v) is 8.33. The molecule has 4 rings (SSSR count). The first-order valence-corrected chi connectivity index (χ1v) is 11.6. The van der Waals surface area contributed by atoms with E-state index in [2.05, 4.69) is 21.9 Å². The minimum absolute atomic E-state index is 0.0314. The number of carboxylic acid groups (broad SMARTS) is 1. The van der Waals surface area contributed by atoms with E-state index in [0.717, 1.165) is 51.0 Å². The summed E-state index contributed by atoms with van der Waals surface area (Å²) in [6.07, 6.45) is 3.77. The number of esters is 1. The molecule has 2 aliphatic rings. The van der Waals surface area contributed by atoms with Gasteiger partial charge in [-0.1, -0.05) is 36.4 Å². The van der Waals surface area contributed by atoms with Gasteiger partial charge in [0.2, 0.25) is 0 Å². The van der Waals surface area contributed by atoms with Crippen LogP contribution in [0.1, 0.15) is 32.6 Å². The summed E-state index contributed by atoms with van der Waals surface area (Å²) in [6.45, 7) is 5.74. The van der Waals surface area contributed by atoms with Crippen LogP contribution >= 0.6 is 0 Å². The largest absolute Gasteiger partial charge is 0.481 e. The van der Waals surface area contributed by atoms with Crippen molar-refractivity contribution in [1.82, 2.24) is 0 Å². The van der Waals surface area contributed by atoms with Crippen molar-refractivity contribution >= 4 is 23.3 Å². The molecule has 2 aliphatic heterocycles. The Hall–Kier alpha value is -3.02. The monoisotopic (exact) mass is 438 g/mol. The molecule has 0 spiro atoms. The van der Waals surface area contributed by atoms with Crippen LogP contribution in [0.3, 0.4) is 0 Å². The lowest BCUT2D eigenvalue weighted by Crippen LogP contribution is -2.39. The van der Waals surface area contributed by atoms with Gasteiger partial charge in [0.05, 0.1) is 18.4 Å². The molecule has 2 saturated heterocycles. The van der Waals surface area contributed by atoms with E-state index in [1.807, 2.05) is 55.5 Å². The third kappa shape index (κ3) is 6.74. The van der Waals surface area contributed by atoms with Gasteiger partial charge in [0, 0.05) is 37.6 Å². The van der Waals surface area contributed by atoms with Crippen molar-refractivity contribution in [2.24, 2.45) is 11.8 Å². The number of para-hydroxylation sites is 2. The summed E-state index contributed by atoms with van der Waals surface area (Å²) in [7, 11) is 0. The van der Waals surface area contributed by atoms with E-state index in [0.29, 0.717) is 13.2 Å². The topological polar surface area (TPSA) is 70.1 Å². The van der Waals surface area contributed by atoms with Crippen LogP contribution in [0.2, 0.25) is 0 Å². The highest BCUT2D eigenvalue weighted by molar-refractivity contribution is 5.73. The highest BCUT2D eigenvalue weighted by Gasteiger charge is 2.27. The highest BCUT2D eigenvalue weighted by atomic mass is 16.5. The Kier molecular flexibility index (Phi) is 8.96. The van der Waals surface area contributed by atoms with Gasteiger partial charge in [-0.3, -0.25) is 9.59 Å². The lowest BCUT2D eigenvalue weighted by molar-refractivity contribution is -0.148. The molecule has 32 heavy (non-hydrogen) atoms. The summed E-state index contributed by atoms with van der Waals surface area (Å²) >= 11 is 0. The van der Waals surface area contributed by atoms with Crippen LogP contribution in [0.5, 0.6) is 0 Å². The fourth-order valence-corrected chi connectivity index (χ4v) is 4.36. The molecule has 6 heteroatoms. The van der Waals surface area contributed by atoms with Crippen LogP contribution in [-0.2, 0) is 14.3 Å². The van der Waals surface area contributed by atoms with E-state index in [1.165, 1.54) is 5.69 Å². The number of carbonyl (C=O) groups excluding carboxylic acids is 1. The average Bonchev–Trinajstić information content (AvgIpc) is 2.86. The summed E-state index contributed by atoms with van der Waals surface area (Å²) in [6, 6.07) is 20.3. The first-order valence-electron chi connectivity index (χ1n) is 11.6. The number of hydrogen-bond acceptors (Lipinski definition) is 5. The molecule has 0 radical (unpaired) electrons. The van der Waals surface area contributed by atoms with E-state index in [4.69, 9.17) is 9.84 Å². The fourth-order valence-electron chi connectivity index (χ4n) is 4.36. The molecule has 1 N–H and O–H groups in total. The van der Waals surface area contributed by atoms with Crippen LogP contribution in [0.4, 0.5) is 11.4 Å². The standard InChI is InChI=1S/C14H19NO2.C12H15NO2/c1-2-17-14(16)12-7-6-10-15(11-12)13-8-4-3-5-9-13;14-12(15)10-5-4-8-13(9-10)11-6-2-1-3-7-11/h3-5,8-9,12H,2,6-7,10-11H2,1H3;1-3,6-7,10H,4-5,8-9H2,(H,14,15). The Labute approximate surface area is 190 Å². The number of benzene rings is 2. The van der Waals surface area contributed by atoms with E-state index in [-0.39, 0.29) is 17.8 Å². The quantitative estimate of drug-likeness (QED) is 0.696. The minimum Gasteiger partial charge on any atom is -0.481 e. The summed E-state index contributed by atoms with van der Waals surface area (Å²) in [5.41, 5.74) is 2.32. The van der Waals surface area contributed by atoms with E-state index in [1.54, 1.807) is 0 Å². The average molecular weight is 439 g/mol. The molecule has 6 nitrogen and oxygen atoms in total. The molecule has 0 saturated carbocycles. The van der Waals surface area contributed by atoms with Crippen LogP contribution in [0, 0.1) is 11.8 Å². The van der Waals surface area contributed by atoms with Gasteiger partial charge < -0.3 is 19.6 Å². The number of carbonyl (C=O) groups is 2. The van der Waals surface area contributed by atoms with Crippen LogP contribution < -0.4 is 9.80 Å². The molecule has 2 aromatic carbocycles. The number of anilines is 2. The summed E-state index contributed by atoms with van der Waals surface area (Å²) in [4.78, 5) is 27.1. The zero-order valence-electron chi connectivity index (χ0n) is 18.9. The maximum atomic E-state index is 11.7. The number of piperidine rings is 2. The molecule has 2 fully saturated rings. The first-order chi connectivity index (χ1) is 15.6. The molecule has 2 unspecified atom stereocenters. The normalized spacial score (nSPS) is 20.7. The molecular formula is C26H34N2O4. The number of hydrogen-bond donors (Lipinski definition) is 1. The molecule has 0 aromatic heterocycles. The Morgan fingerprint density at radius 2 is 1.31 bits per heavy atom. The maximum absolute atomic E-state index is 11.7. The molecule has 2 aromatic rings. The lowest BCUT2D eigenvalue weighted by atomic mass is 9.97. The second-order valence-electron chi connectivity index (χ2n) is 8.33. The van der Waals surface area contributed by atoms with Crippen molar-refractivity contribution in [2.45, 2.75) is 32.6 Å². The van der Waals surface area contributed by atoms with Crippen molar-refractivity contribution in [3.63, 3.8) is 0 Å². The van der Waals surface area contributed by atoms with Gasteiger partial charge in [-0.15, -0.1) is 0 Å². The number of ether oxygens (including phenoxy) is 1. The van der Waals surface area contributed by atoms with Crippen LogP contribution in [-0.4, -0.2) is 49.8 Å². The fraction of sp³-hybridized carbons (Fsp3) is 0.462. The summed E-state index contributed by atoms with van der Waals surface area (Å²) in [5, 5.41) is 8.98. The van der Waals surface area contributed by atoms with Crippen LogP contribution in [0.25, 0.3) is 0 Å². The van der Waals surface area contributed by atoms with E-state index >= 15 is 0 Å². The van der Waals surface area contributed by atoms with Crippen molar-refractivity contribution in [3.8, 4) is 0 Å². The third-order valence-corrected chi connectivity index (χ3v) is 6.05. The van der Waals surface area contributed by atoms with Crippen LogP contribution in [0.15, 0.2) is 60.7 Å². The van der Waals surface area contributed by atoms with E-state index < -0.39 is 5.97 Å². The van der Waals surface area contributed by atoms with Gasteiger partial charge in [-0.25, -0.2) is 0 Å². The zero-order chi connectivity index (χ0) is 22.8. The van der Waals surface area contributed by atoms with Gasteiger partial charge in [-0.05, 0) is 56.9 Å². The molecule has 0 amide bonds. The number of aliphatic carboxylic acids is 1. The first kappa shape index (κ1) is 23.6. The van der Waals surface area contributed by atoms with Gasteiger partial charge in [-0.2, -0.15) is 0 Å².